The fourth-order valence-corrected chi connectivity index (χ4v) is 4.80. The molecule has 0 bridgehead atoms. The minimum atomic E-state index is -0.963. The van der Waals surface area contributed by atoms with Crippen LogP contribution >= 0.6 is 0 Å². The van der Waals surface area contributed by atoms with Crippen molar-refractivity contribution in [2.75, 3.05) is 5.32 Å². The van der Waals surface area contributed by atoms with Gasteiger partial charge in [-0.15, -0.1) is 0 Å². The second-order valence-corrected chi connectivity index (χ2v) is 10.7. The monoisotopic (exact) mass is 539 g/mol. The number of hydrogen-bond donors (Lipinski definition) is 3. The maximum Gasteiger partial charge on any atom is 0.322 e. The van der Waals surface area contributed by atoms with Crippen LogP contribution in [0.4, 0.5) is 10.3 Å². The molecule has 0 aliphatic carbocycles. The van der Waals surface area contributed by atoms with Crippen molar-refractivity contribution in [3.05, 3.63) is 108 Å². The minimum Gasteiger partial charge on any atom is -0.481 e. The summed E-state index contributed by atoms with van der Waals surface area (Å²) >= 11 is 0. The first-order chi connectivity index (χ1) is 19.2. The second kappa shape index (κ2) is 11.1. The van der Waals surface area contributed by atoms with Crippen LogP contribution in [0.3, 0.4) is 0 Å². The molecule has 2 heterocycles. The molecule has 2 atom stereocenters. The number of aromatic amines is 1. The Morgan fingerprint density at radius 2 is 1.73 bits per heavy atom. The lowest BCUT2D eigenvalue weighted by Gasteiger charge is -2.34. The standard InChI is InChI=1S/C31H30FN5O3/c1-31(2,3)27(28(38)39)26(20-10-12-21(32)13-11-20)25-16-17-33-30(37-25)40-22-14-8-19(9-15-22)18-34-29-35-23-6-4-5-7-24(23)36-29/h4-17,26-27H,18H2,1-3H3,(H,38,39)(H2,34,35,36). The van der Waals surface area contributed by atoms with Crippen molar-refractivity contribution < 1.29 is 19.0 Å². The molecule has 5 rings (SSSR count). The highest BCUT2D eigenvalue weighted by Crippen LogP contribution is 2.42. The normalized spacial score (nSPS) is 13.1. The molecule has 204 valence electrons. The van der Waals surface area contributed by atoms with Crippen molar-refractivity contribution in [2.24, 2.45) is 11.3 Å². The highest BCUT2D eigenvalue weighted by atomic mass is 19.1. The summed E-state index contributed by atoms with van der Waals surface area (Å²) < 4.78 is 19.6. The largest absolute Gasteiger partial charge is 0.481 e. The number of aliphatic carboxylic acids is 1. The summed E-state index contributed by atoms with van der Waals surface area (Å²) in [7, 11) is 0. The van der Waals surface area contributed by atoms with Crippen molar-refractivity contribution in [2.45, 2.75) is 33.2 Å². The van der Waals surface area contributed by atoms with E-state index in [1.54, 1.807) is 24.4 Å². The van der Waals surface area contributed by atoms with Crippen LogP contribution in [-0.2, 0) is 11.3 Å². The molecular formula is C31H30FN5O3. The van der Waals surface area contributed by atoms with Gasteiger partial charge in [0.05, 0.1) is 22.6 Å². The summed E-state index contributed by atoms with van der Waals surface area (Å²) in [4.78, 5) is 29.0. The van der Waals surface area contributed by atoms with E-state index in [2.05, 4.69) is 25.3 Å². The highest BCUT2D eigenvalue weighted by molar-refractivity contribution is 5.77. The molecule has 5 aromatic rings. The van der Waals surface area contributed by atoms with Gasteiger partial charge in [-0.05, 0) is 59.0 Å². The molecule has 0 spiro atoms. The number of aromatic nitrogens is 4. The van der Waals surface area contributed by atoms with Crippen LogP contribution in [0.15, 0.2) is 85.1 Å². The molecule has 9 heteroatoms. The Morgan fingerprint density at radius 3 is 2.40 bits per heavy atom. The number of anilines is 1. The van der Waals surface area contributed by atoms with Gasteiger partial charge in [-0.25, -0.2) is 14.4 Å². The predicted molar refractivity (Wildman–Crippen MR) is 151 cm³/mol. The molecule has 0 saturated carbocycles. The van der Waals surface area contributed by atoms with E-state index in [1.165, 1.54) is 12.1 Å². The third-order valence-electron chi connectivity index (χ3n) is 6.72. The maximum atomic E-state index is 13.7. The number of rotatable bonds is 9. The van der Waals surface area contributed by atoms with Gasteiger partial charge < -0.3 is 20.1 Å². The van der Waals surface area contributed by atoms with E-state index in [-0.39, 0.29) is 6.01 Å². The van der Waals surface area contributed by atoms with Crippen molar-refractivity contribution >= 4 is 23.0 Å². The number of carboxylic acids is 1. The topological polar surface area (TPSA) is 113 Å². The van der Waals surface area contributed by atoms with E-state index in [1.807, 2.05) is 69.3 Å². The molecule has 0 aliphatic heterocycles. The summed E-state index contributed by atoms with van der Waals surface area (Å²) in [5.41, 5.74) is 3.40. The summed E-state index contributed by atoms with van der Waals surface area (Å²) in [6, 6.07) is 22.9. The van der Waals surface area contributed by atoms with Gasteiger partial charge in [-0.1, -0.05) is 57.2 Å². The number of H-pyrrole nitrogens is 1. The molecule has 8 nitrogen and oxygen atoms in total. The highest BCUT2D eigenvalue weighted by Gasteiger charge is 2.40. The molecule has 2 unspecified atom stereocenters. The van der Waals surface area contributed by atoms with Crippen LogP contribution in [0.2, 0.25) is 0 Å². The quantitative estimate of drug-likeness (QED) is 0.189. The lowest BCUT2D eigenvalue weighted by atomic mass is 9.69. The minimum absolute atomic E-state index is 0.0933. The van der Waals surface area contributed by atoms with E-state index in [4.69, 9.17) is 4.74 Å². The van der Waals surface area contributed by atoms with E-state index < -0.39 is 29.0 Å². The second-order valence-electron chi connectivity index (χ2n) is 10.7. The van der Waals surface area contributed by atoms with Gasteiger partial charge in [0.2, 0.25) is 5.95 Å². The van der Waals surface area contributed by atoms with Gasteiger partial charge in [-0.2, -0.15) is 4.98 Å². The zero-order chi connectivity index (χ0) is 28.3. The first kappa shape index (κ1) is 26.8. The molecule has 0 amide bonds. The maximum absolute atomic E-state index is 13.7. The lowest BCUT2D eigenvalue weighted by molar-refractivity contribution is -0.146. The average molecular weight is 540 g/mol. The first-order valence-corrected chi connectivity index (χ1v) is 12.9. The van der Waals surface area contributed by atoms with E-state index in [0.29, 0.717) is 29.5 Å². The van der Waals surface area contributed by atoms with Crippen LogP contribution in [0, 0.1) is 17.2 Å². The van der Waals surface area contributed by atoms with Crippen molar-refractivity contribution in [3.8, 4) is 11.8 Å². The number of hydrogen-bond acceptors (Lipinski definition) is 6. The van der Waals surface area contributed by atoms with Crippen LogP contribution in [-0.4, -0.2) is 31.0 Å². The van der Waals surface area contributed by atoms with Crippen LogP contribution in [0.25, 0.3) is 11.0 Å². The number of imidazole rings is 1. The summed E-state index contributed by atoms with van der Waals surface area (Å²) in [6.45, 7) is 6.16. The van der Waals surface area contributed by atoms with Crippen molar-refractivity contribution in [3.63, 3.8) is 0 Å². The molecule has 0 radical (unpaired) electrons. The Hall–Kier alpha value is -4.79. The smallest absolute Gasteiger partial charge is 0.322 e. The van der Waals surface area contributed by atoms with E-state index in [0.717, 1.165) is 16.6 Å². The Morgan fingerprint density at radius 1 is 1.00 bits per heavy atom. The number of nitrogens with one attached hydrogen (secondary N) is 2. The lowest BCUT2D eigenvalue weighted by Crippen LogP contribution is -2.35. The summed E-state index contributed by atoms with van der Waals surface area (Å²) in [5, 5.41) is 13.5. The third-order valence-corrected chi connectivity index (χ3v) is 6.72. The number of nitrogens with zero attached hydrogens (tertiary/aromatic N) is 3. The zero-order valence-electron chi connectivity index (χ0n) is 22.4. The van der Waals surface area contributed by atoms with E-state index in [9.17, 15) is 14.3 Å². The van der Waals surface area contributed by atoms with Gasteiger partial charge in [0.25, 0.3) is 0 Å². The summed E-state index contributed by atoms with van der Waals surface area (Å²) in [6.07, 6.45) is 1.54. The van der Waals surface area contributed by atoms with Gasteiger partial charge in [0.15, 0.2) is 0 Å². The fourth-order valence-electron chi connectivity index (χ4n) is 4.80. The average Bonchev–Trinajstić information content (AvgIpc) is 3.34. The van der Waals surface area contributed by atoms with Crippen LogP contribution < -0.4 is 10.1 Å². The van der Waals surface area contributed by atoms with Gasteiger partial charge in [0.1, 0.15) is 11.6 Å². The molecule has 2 aromatic heterocycles. The van der Waals surface area contributed by atoms with Gasteiger partial charge in [-0.3, -0.25) is 4.79 Å². The van der Waals surface area contributed by atoms with Crippen LogP contribution in [0.5, 0.6) is 11.8 Å². The molecule has 3 aromatic carbocycles. The Balaban J connectivity index is 1.34. The molecule has 0 aliphatic rings. The summed E-state index contributed by atoms with van der Waals surface area (Å²) in [5.74, 6) is -1.61. The first-order valence-electron chi connectivity index (χ1n) is 12.9. The van der Waals surface area contributed by atoms with Crippen molar-refractivity contribution in [1.29, 1.82) is 0 Å². The molecular weight excluding hydrogens is 509 g/mol. The van der Waals surface area contributed by atoms with E-state index >= 15 is 0 Å². The Bertz CT molecular complexity index is 1580. The Labute approximate surface area is 231 Å². The number of carboxylic acid groups (broad SMARTS) is 1. The molecule has 3 N–H and O–H groups in total. The fraction of sp³-hybridized carbons (Fsp3) is 0.226. The molecule has 0 saturated heterocycles. The number of para-hydroxylation sites is 2. The molecule has 0 fully saturated rings. The number of carbonyl (C=O) groups is 1. The third kappa shape index (κ3) is 6.09. The number of halogens is 1. The number of benzene rings is 3. The SMILES string of the molecule is CC(C)(C)C(C(=O)O)C(c1ccc(F)cc1)c1ccnc(Oc2ccc(CNc3nc4ccccc4[nH]3)cc2)n1. The Kier molecular flexibility index (Phi) is 7.46. The van der Waals surface area contributed by atoms with Gasteiger partial charge >= 0.3 is 12.0 Å². The van der Waals surface area contributed by atoms with Crippen molar-refractivity contribution in [1.82, 2.24) is 19.9 Å². The number of ether oxygens (including phenoxy) is 1. The predicted octanol–water partition coefficient (Wildman–Crippen LogP) is 6.78. The zero-order valence-corrected chi connectivity index (χ0v) is 22.4. The van der Waals surface area contributed by atoms with Gasteiger partial charge in [0, 0.05) is 18.7 Å². The van der Waals surface area contributed by atoms with Crippen LogP contribution in [0.1, 0.15) is 43.5 Å². The number of fused-ring (bicyclic) bond motifs is 1. The molecule has 40 heavy (non-hydrogen) atoms.